The number of rotatable bonds is 8. The topological polar surface area (TPSA) is 126 Å². The zero-order valence-electron chi connectivity index (χ0n) is 18.9. The first-order valence-corrected chi connectivity index (χ1v) is 11.4. The molecule has 3 atom stereocenters. The third-order valence-electron chi connectivity index (χ3n) is 6.04. The monoisotopic (exact) mass is 452 g/mol. The number of nitrogens with zero attached hydrogens (tertiary/aromatic N) is 2. The number of carbonyl (C=O) groups excluding carboxylic acids is 3. The lowest BCUT2D eigenvalue weighted by Crippen LogP contribution is -2.52. The molecule has 8 nitrogen and oxygen atoms in total. The molecule has 33 heavy (non-hydrogen) atoms. The standard InChI is InChI=1S/C25H32N4O4/c1-17(25(26)33)10-11-23(31)29(21-9-5-12-27-16-22(21)30)24(32)15-18-6-4-7-19(14-18)20-8-2-3-13-28-20/h2-4,6-8,13-14,17,21-22,27,30H,5,9-12,15-16H2,1H3,(H2,26,33)/t17?,21?,22-/m0/s1. The number of imide groups is 1. The molecule has 1 aromatic heterocycles. The first-order chi connectivity index (χ1) is 15.9. The van der Waals surface area contributed by atoms with E-state index in [1.54, 1.807) is 13.1 Å². The predicted octanol–water partition coefficient (Wildman–Crippen LogP) is 1.66. The van der Waals surface area contributed by atoms with Crippen molar-refractivity contribution in [3.05, 3.63) is 54.2 Å². The number of nitrogens with one attached hydrogen (secondary N) is 1. The molecule has 1 aliphatic heterocycles. The molecule has 1 aliphatic rings. The van der Waals surface area contributed by atoms with Gasteiger partial charge in [0.05, 0.1) is 24.3 Å². The lowest BCUT2D eigenvalue weighted by Gasteiger charge is -2.32. The maximum Gasteiger partial charge on any atom is 0.233 e. The number of hydrogen-bond donors (Lipinski definition) is 3. The van der Waals surface area contributed by atoms with Crippen molar-refractivity contribution >= 4 is 17.7 Å². The van der Waals surface area contributed by atoms with Gasteiger partial charge in [0.25, 0.3) is 0 Å². The number of benzene rings is 1. The summed E-state index contributed by atoms with van der Waals surface area (Å²) in [5, 5.41) is 13.8. The predicted molar refractivity (Wildman–Crippen MR) is 125 cm³/mol. The Morgan fingerprint density at radius 1 is 1.21 bits per heavy atom. The summed E-state index contributed by atoms with van der Waals surface area (Å²) < 4.78 is 0. The van der Waals surface area contributed by atoms with Crippen molar-refractivity contribution in [2.45, 2.75) is 51.2 Å². The van der Waals surface area contributed by atoms with Crippen LogP contribution >= 0.6 is 0 Å². The first kappa shape index (κ1) is 24.5. The van der Waals surface area contributed by atoms with Gasteiger partial charge in [-0.25, -0.2) is 0 Å². The van der Waals surface area contributed by atoms with Gasteiger partial charge in [-0.05, 0) is 49.6 Å². The summed E-state index contributed by atoms with van der Waals surface area (Å²) in [6.45, 7) is 2.69. The Bertz CT molecular complexity index is 966. The van der Waals surface area contributed by atoms with Crippen LogP contribution in [-0.2, 0) is 20.8 Å². The van der Waals surface area contributed by atoms with E-state index in [9.17, 15) is 19.5 Å². The van der Waals surface area contributed by atoms with Crippen molar-refractivity contribution in [2.75, 3.05) is 13.1 Å². The molecule has 4 N–H and O–H groups in total. The highest BCUT2D eigenvalue weighted by molar-refractivity contribution is 5.97. The molecular formula is C25H32N4O4. The molecule has 0 aliphatic carbocycles. The highest BCUT2D eigenvalue weighted by Crippen LogP contribution is 2.21. The summed E-state index contributed by atoms with van der Waals surface area (Å²) in [7, 11) is 0. The zero-order valence-corrected chi connectivity index (χ0v) is 18.9. The lowest BCUT2D eigenvalue weighted by molar-refractivity contribution is -0.150. The summed E-state index contributed by atoms with van der Waals surface area (Å²) >= 11 is 0. The van der Waals surface area contributed by atoms with Gasteiger partial charge in [-0.3, -0.25) is 24.3 Å². The van der Waals surface area contributed by atoms with Crippen LogP contribution in [0.5, 0.6) is 0 Å². The SMILES string of the molecule is CC(CCC(=O)N(C(=O)Cc1cccc(-c2ccccn2)c1)C1CCCNC[C@@H]1O)C(N)=O. The first-order valence-electron chi connectivity index (χ1n) is 11.4. The second-order valence-electron chi connectivity index (χ2n) is 8.57. The van der Waals surface area contributed by atoms with Crippen LogP contribution in [0.3, 0.4) is 0 Å². The minimum Gasteiger partial charge on any atom is -0.390 e. The minimum absolute atomic E-state index is 0.0144. The maximum absolute atomic E-state index is 13.4. The third kappa shape index (κ3) is 6.69. The van der Waals surface area contributed by atoms with E-state index >= 15 is 0 Å². The molecule has 2 aromatic rings. The molecule has 2 heterocycles. The number of amides is 3. The van der Waals surface area contributed by atoms with Crippen LogP contribution in [0.25, 0.3) is 11.3 Å². The highest BCUT2D eigenvalue weighted by Gasteiger charge is 2.35. The van der Waals surface area contributed by atoms with Crippen molar-refractivity contribution < 1.29 is 19.5 Å². The van der Waals surface area contributed by atoms with E-state index in [1.165, 1.54) is 4.90 Å². The van der Waals surface area contributed by atoms with Crippen molar-refractivity contribution in [1.29, 1.82) is 0 Å². The Morgan fingerprint density at radius 2 is 2.03 bits per heavy atom. The second-order valence-corrected chi connectivity index (χ2v) is 8.57. The molecule has 0 spiro atoms. The Balaban J connectivity index is 1.81. The van der Waals surface area contributed by atoms with Crippen molar-refractivity contribution in [3.63, 3.8) is 0 Å². The Kier molecular flexibility index (Phi) is 8.68. The fraction of sp³-hybridized carbons (Fsp3) is 0.440. The lowest BCUT2D eigenvalue weighted by atomic mass is 9.99. The molecule has 3 amide bonds. The van der Waals surface area contributed by atoms with Gasteiger partial charge in [-0.2, -0.15) is 0 Å². The van der Waals surface area contributed by atoms with E-state index in [2.05, 4.69) is 10.3 Å². The van der Waals surface area contributed by atoms with Gasteiger partial charge in [0.2, 0.25) is 17.7 Å². The molecule has 3 rings (SSSR count). The van der Waals surface area contributed by atoms with Crippen molar-refractivity contribution in [2.24, 2.45) is 11.7 Å². The third-order valence-corrected chi connectivity index (χ3v) is 6.04. The number of β-amino-alcohol motifs (C(OH)–C–C–N with tert-alkyl or cyclic N) is 1. The summed E-state index contributed by atoms with van der Waals surface area (Å²) in [6, 6.07) is 12.5. The quantitative estimate of drug-likeness (QED) is 0.559. The number of aliphatic hydroxyl groups excluding tert-OH is 1. The molecule has 1 saturated heterocycles. The minimum atomic E-state index is -0.853. The number of aliphatic hydroxyl groups is 1. The van der Waals surface area contributed by atoms with Crippen LogP contribution in [0, 0.1) is 5.92 Å². The van der Waals surface area contributed by atoms with Gasteiger partial charge in [-0.1, -0.05) is 31.2 Å². The molecule has 0 bridgehead atoms. The Labute approximate surface area is 194 Å². The van der Waals surface area contributed by atoms with Crippen LogP contribution in [0.2, 0.25) is 0 Å². The summed E-state index contributed by atoms with van der Waals surface area (Å²) in [4.78, 5) is 43.5. The van der Waals surface area contributed by atoms with Gasteiger partial charge in [0, 0.05) is 30.6 Å². The Hall–Kier alpha value is -3.10. The number of pyridine rings is 1. The van der Waals surface area contributed by atoms with Crippen LogP contribution in [0.15, 0.2) is 48.7 Å². The zero-order chi connectivity index (χ0) is 23.8. The van der Waals surface area contributed by atoms with E-state index in [0.29, 0.717) is 19.5 Å². The number of primary amides is 1. The molecule has 2 unspecified atom stereocenters. The Morgan fingerprint density at radius 3 is 2.76 bits per heavy atom. The number of nitrogens with two attached hydrogens (primary N) is 1. The molecule has 8 heteroatoms. The van der Waals surface area contributed by atoms with Gasteiger partial charge in [0.15, 0.2) is 0 Å². The fourth-order valence-electron chi connectivity index (χ4n) is 4.06. The average Bonchev–Trinajstić information content (AvgIpc) is 3.02. The van der Waals surface area contributed by atoms with Crippen LogP contribution in [-0.4, -0.2) is 57.9 Å². The number of carbonyl (C=O) groups is 3. The van der Waals surface area contributed by atoms with Gasteiger partial charge < -0.3 is 16.2 Å². The normalized spacial score (nSPS) is 19.3. The van der Waals surface area contributed by atoms with E-state index in [1.807, 2.05) is 42.5 Å². The van der Waals surface area contributed by atoms with Gasteiger partial charge >= 0.3 is 0 Å². The van der Waals surface area contributed by atoms with Crippen LogP contribution < -0.4 is 11.1 Å². The molecule has 176 valence electrons. The van der Waals surface area contributed by atoms with E-state index < -0.39 is 24.0 Å². The van der Waals surface area contributed by atoms with Gasteiger partial charge in [-0.15, -0.1) is 0 Å². The maximum atomic E-state index is 13.4. The molecule has 1 fully saturated rings. The summed E-state index contributed by atoms with van der Waals surface area (Å²) in [6.07, 6.45) is 2.41. The van der Waals surface area contributed by atoms with Crippen molar-refractivity contribution in [3.8, 4) is 11.3 Å². The van der Waals surface area contributed by atoms with E-state index in [4.69, 9.17) is 5.73 Å². The van der Waals surface area contributed by atoms with Crippen LogP contribution in [0.1, 0.15) is 38.2 Å². The van der Waals surface area contributed by atoms with Gasteiger partial charge in [0.1, 0.15) is 0 Å². The smallest absolute Gasteiger partial charge is 0.233 e. The number of hydrogen-bond acceptors (Lipinski definition) is 6. The summed E-state index contributed by atoms with van der Waals surface area (Å²) in [5.41, 5.74) is 7.76. The highest BCUT2D eigenvalue weighted by atomic mass is 16.3. The second kappa shape index (κ2) is 11.7. The molecule has 0 radical (unpaired) electrons. The average molecular weight is 453 g/mol. The van der Waals surface area contributed by atoms with Crippen LogP contribution in [0.4, 0.5) is 0 Å². The number of aromatic nitrogens is 1. The van der Waals surface area contributed by atoms with E-state index in [0.717, 1.165) is 23.2 Å². The van der Waals surface area contributed by atoms with Crippen molar-refractivity contribution in [1.82, 2.24) is 15.2 Å². The molecular weight excluding hydrogens is 420 g/mol. The van der Waals surface area contributed by atoms with E-state index in [-0.39, 0.29) is 31.1 Å². The fourth-order valence-corrected chi connectivity index (χ4v) is 4.06. The molecule has 1 aromatic carbocycles. The molecule has 0 saturated carbocycles. The largest absolute Gasteiger partial charge is 0.390 e. The summed E-state index contributed by atoms with van der Waals surface area (Å²) in [5.74, 6) is -1.71.